The summed E-state index contributed by atoms with van der Waals surface area (Å²) in [6.07, 6.45) is 0.895. The van der Waals surface area contributed by atoms with E-state index in [-0.39, 0.29) is 23.0 Å². The van der Waals surface area contributed by atoms with E-state index in [9.17, 15) is 13.2 Å². The molecule has 2 heterocycles. The topological polar surface area (TPSA) is 63.7 Å². The Balaban J connectivity index is 1.69. The van der Waals surface area contributed by atoms with Crippen molar-refractivity contribution in [3.05, 3.63) is 29.8 Å². The van der Waals surface area contributed by atoms with Gasteiger partial charge < -0.3 is 9.64 Å². The van der Waals surface area contributed by atoms with E-state index in [1.54, 1.807) is 12.0 Å². The van der Waals surface area contributed by atoms with E-state index in [0.717, 1.165) is 11.3 Å². The highest BCUT2D eigenvalue weighted by molar-refractivity contribution is 7.92. The van der Waals surface area contributed by atoms with Gasteiger partial charge in [0, 0.05) is 12.6 Å². The molecule has 0 aliphatic carbocycles. The number of sulfone groups is 1. The van der Waals surface area contributed by atoms with Crippen molar-refractivity contribution in [2.45, 2.75) is 24.1 Å². The number of carbonyl (C=O) groups is 1. The van der Waals surface area contributed by atoms with E-state index in [1.165, 1.54) is 0 Å². The molecule has 2 saturated heterocycles. The molecule has 0 aromatic heterocycles. The van der Waals surface area contributed by atoms with Crippen LogP contribution in [0.15, 0.2) is 24.3 Å². The predicted molar refractivity (Wildman–Crippen MR) is 74.4 cm³/mol. The van der Waals surface area contributed by atoms with Crippen molar-refractivity contribution in [3.63, 3.8) is 0 Å². The van der Waals surface area contributed by atoms with Gasteiger partial charge in [0.05, 0.1) is 24.5 Å². The third-order valence-electron chi connectivity index (χ3n) is 4.12. The van der Waals surface area contributed by atoms with Gasteiger partial charge in [-0.15, -0.1) is 0 Å². The molecule has 2 atom stereocenters. The van der Waals surface area contributed by atoms with Crippen molar-refractivity contribution in [2.24, 2.45) is 0 Å². The Morgan fingerprint density at radius 3 is 2.85 bits per heavy atom. The maximum absolute atomic E-state index is 12.3. The average Bonchev–Trinajstić information content (AvgIpc) is 2.94. The number of amides is 1. The summed E-state index contributed by atoms with van der Waals surface area (Å²) >= 11 is 0. The van der Waals surface area contributed by atoms with Gasteiger partial charge in [0.25, 0.3) is 0 Å². The van der Waals surface area contributed by atoms with Crippen molar-refractivity contribution in [1.29, 1.82) is 0 Å². The summed E-state index contributed by atoms with van der Waals surface area (Å²) in [5.41, 5.74) is 0.889. The lowest BCUT2D eigenvalue weighted by Crippen LogP contribution is -2.44. The minimum atomic E-state index is -2.95. The molecule has 0 N–H and O–H groups in total. The van der Waals surface area contributed by atoms with Crippen LogP contribution in [0.3, 0.4) is 0 Å². The SMILES string of the molecule is COc1cccc(CC(=O)N2CC3CC2CS3(=O)=O)c1. The monoisotopic (exact) mass is 295 g/mol. The Morgan fingerprint density at radius 1 is 1.45 bits per heavy atom. The number of hydrogen-bond donors (Lipinski definition) is 0. The fourth-order valence-electron chi connectivity index (χ4n) is 3.06. The summed E-state index contributed by atoms with van der Waals surface area (Å²) in [7, 11) is -1.36. The molecule has 0 radical (unpaired) electrons. The fraction of sp³-hybridized carbons (Fsp3) is 0.500. The van der Waals surface area contributed by atoms with E-state index in [0.29, 0.717) is 19.4 Å². The van der Waals surface area contributed by atoms with Crippen molar-refractivity contribution in [1.82, 2.24) is 4.90 Å². The highest BCUT2D eigenvalue weighted by atomic mass is 32.2. The first kappa shape index (κ1) is 13.4. The van der Waals surface area contributed by atoms with Gasteiger partial charge in [0.2, 0.25) is 5.91 Å². The molecule has 108 valence electrons. The number of methoxy groups -OCH3 is 1. The summed E-state index contributed by atoms with van der Waals surface area (Å²) in [5.74, 6) is 0.850. The van der Waals surface area contributed by atoms with Gasteiger partial charge >= 0.3 is 0 Å². The lowest BCUT2D eigenvalue weighted by atomic mass is 10.1. The van der Waals surface area contributed by atoms with Crippen LogP contribution in [0.2, 0.25) is 0 Å². The van der Waals surface area contributed by atoms with Crippen LogP contribution >= 0.6 is 0 Å². The molecule has 0 saturated carbocycles. The van der Waals surface area contributed by atoms with Crippen molar-refractivity contribution >= 4 is 15.7 Å². The number of hydrogen-bond acceptors (Lipinski definition) is 4. The smallest absolute Gasteiger partial charge is 0.227 e. The van der Waals surface area contributed by atoms with Gasteiger partial charge in [-0.2, -0.15) is 0 Å². The first-order valence-corrected chi connectivity index (χ1v) is 8.35. The molecular weight excluding hydrogens is 278 g/mol. The number of nitrogens with zero attached hydrogens (tertiary/aromatic N) is 1. The van der Waals surface area contributed by atoms with E-state index in [4.69, 9.17) is 4.74 Å². The first-order valence-electron chi connectivity index (χ1n) is 6.63. The Morgan fingerprint density at radius 2 is 2.25 bits per heavy atom. The summed E-state index contributed by atoms with van der Waals surface area (Å²) in [6, 6.07) is 7.28. The van der Waals surface area contributed by atoms with Crippen LogP contribution in [-0.4, -0.2) is 49.9 Å². The zero-order valence-corrected chi connectivity index (χ0v) is 12.1. The molecule has 5 nitrogen and oxygen atoms in total. The molecule has 6 heteroatoms. The average molecular weight is 295 g/mol. The molecule has 3 rings (SSSR count). The molecule has 0 spiro atoms. The zero-order valence-electron chi connectivity index (χ0n) is 11.3. The molecule has 2 fully saturated rings. The third kappa shape index (κ3) is 2.28. The lowest BCUT2D eigenvalue weighted by Gasteiger charge is -2.27. The van der Waals surface area contributed by atoms with Crippen molar-refractivity contribution in [2.75, 3.05) is 19.4 Å². The quantitative estimate of drug-likeness (QED) is 0.821. The van der Waals surface area contributed by atoms with Crippen molar-refractivity contribution < 1.29 is 17.9 Å². The Hall–Kier alpha value is -1.56. The second-order valence-electron chi connectivity index (χ2n) is 5.42. The largest absolute Gasteiger partial charge is 0.497 e. The van der Waals surface area contributed by atoms with E-state index in [2.05, 4.69) is 0 Å². The second kappa shape index (κ2) is 4.77. The summed E-state index contributed by atoms with van der Waals surface area (Å²) in [5, 5.41) is -0.346. The predicted octanol–water partition coefficient (Wildman–Crippen LogP) is 0.636. The molecule has 1 aromatic rings. The minimum absolute atomic E-state index is 0.000605. The van der Waals surface area contributed by atoms with Gasteiger partial charge in [-0.3, -0.25) is 4.79 Å². The Labute approximate surface area is 118 Å². The number of ether oxygens (including phenoxy) is 1. The van der Waals surface area contributed by atoms with Crippen LogP contribution in [0.1, 0.15) is 12.0 Å². The van der Waals surface area contributed by atoms with Crippen LogP contribution in [0.25, 0.3) is 0 Å². The number of likely N-dealkylation sites (tertiary alicyclic amines) is 1. The van der Waals surface area contributed by atoms with Gasteiger partial charge in [-0.05, 0) is 24.1 Å². The molecule has 1 amide bonds. The summed E-state index contributed by atoms with van der Waals surface area (Å²) in [6.45, 7) is 0.357. The molecule has 1 aromatic carbocycles. The fourth-order valence-corrected chi connectivity index (χ4v) is 5.09. The number of carbonyl (C=O) groups excluding carboxylic acids is 1. The van der Waals surface area contributed by atoms with Gasteiger partial charge in [-0.1, -0.05) is 12.1 Å². The second-order valence-corrected chi connectivity index (χ2v) is 7.74. The maximum atomic E-state index is 12.3. The number of rotatable bonds is 3. The highest BCUT2D eigenvalue weighted by Crippen LogP contribution is 2.33. The molecule has 20 heavy (non-hydrogen) atoms. The van der Waals surface area contributed by atoms with Gasteiger partial charge in [0.15, 0.2) is 9.84 Å². The van der Waals surface area contributed by atoms with Crippen LogP contribution in [-0.2, 0) is 21.1 Å². The van der Waals surface area contributed by atoms with E-state index in [1.807, 2.05) is 24.3 Å². The molecule has 2 bridgehead atoms. The standard InChI is InChI=1S/C14H17NO4S/c1-19-12-4-2-3-10(5-12)6-14(16)15-8-13-7-11(15)9-20(13,17)18/h2-5,11,13H,6-9H2,1H3. The number of fused-ring (bicyclic) bond motifs is 2. The first-order chi connectivity index (χ1) is 9.49. The zero-order chi connectivity index (χ0) is 14.3. The Bertz CT molecular complexity index is 640. The van der Waals surface area contributed by atoms with Crippen LogP contribution < -0.4 is 4.74 Å². The van der Waals surface area contributed by atoms with E-state index < -0.39 is 9.84 Å². The lowest BCUT2D eigenvalue weighted by molar-refractivity contribution is -0.131. The van der Waals surface area contributed by atoms with Gasteiger partial charge in [0.1, 0.15) is 5.75 Å². The van der Waals surface area contributed by atoms with E-state index >= 15 is 0 Å². The Kier molecular flexibility index (Phi) is 3.20. The maximum Gasteiger partial charge on any atom is 0.227 e. The molecular formula is C14H17NO4S. The molecule has 2 unspecified atom stereocenters. The normalized spacial score (nSPS) is 26.8. The summed E-state index contributed by atoms with van der Waals surface area (Å²) < 4.78 is 28.5. The third-order valence-corrected chi connectivity index (χ3v) is 6.33. The minimum Gasteiger partial charge on any atom is -0.497 e. The van der Waals surface area contributed by atoms with Crippen LogP contribution in [0, 0.1) is 0 Å². The van der Waals surface area contributed by atoms with Gasteiger partial charge in [-0.25, -0.2) is 8.42 Å². The molecule has 2 aliphatic rings. The van der Waals surface area contributed by atoms with Crippen molar-refractivity contribution in [3.8, 4) is 5.75 Å². The van der Waals surface area contributed by atoms with Crippen LogP contribution in [0.5, 0.6) is 5.75 Å². The molecule has 2 aliphatic heterocycles. The highest BCUT2D eigenvalue weighted by Gasteiger charge is 2.49. The summed E-state index contributed by atoms with van der Waals surface area (Å²) in [4.78, 5) is 14.0. The van der Waals surface area contributed by atoms with Crippen LogP contribution in [0.4, 0.5) is 0 Å². The number of benzene rings is 1.